The van der Waals surface area contributed by atoms with Crippen LogP contribution in [-0.4, -0.2) is 30.8 Å². The average Bonchev–Trinajstić information content (AvgIpc) is 2.90. The van der Waals surface area contributed by atoms with Crippen molar-refractivity contribution in [3.05, 3.63) is 126 Å². The van der Waals surface area contributed by atoms with E-state index in [1.807, 2.05) is 0 Å². The predicted octanol–water partition coefficient (Wildman–Crippen LogP) is 6.34. The van der Waals surface area contributed by atoms with E-state index in [1.165, 1.54) is 20.2 Å². The normalized spacial score (nSPS) is 11.4. The molecule has 0 saturated heterocycles. The Kier molecular flexibility index (Phi) is 10.2. The van der Waals surface area contributed by atoms with Crippen LogP contribution in [0.25, 0.3) is 0 Å². The number of ether oxygens (including phenoxy) is 1. The van der Waals surface area contributed by atoms with Crippen LogP contribution in [0.3, 0.4) is 0 Å². The van der Waals surface area contributed by atoms with Crippen LogP contribution >= 0.6 is 0 Å². The second kappa shape index (κ2) is 13.3. The van der Waals surface area contributed by atoms with Crippen molar-refractivity contribution in [2.45, 2.75) is 33.3 Å². The standard InChI is InChI=1S/C19H17S.C10H10F2O5S/c1-16-10-8-9-15-19(16)20(17-11-4-2-5-12-17)18-13-6-3-7-14-18;11-10(12,18(14,15)16)7-17-9(13)6-8-4-2-1-3-5-8/h2-15H,1H3;1-5H,6-7H2,(H,14,15,16)/q+1;. The maximum absolute atomic E-state index is 12.7. The quantitative estimate of drug-likeness (QED) is 0.155. The molecule has 9 heteroatoms. The summed E-state index contributed by atoms with van der Waals surface area (Å²) < 4.78 is 58.2. The van der Waals surface area contributed by atoms with Crippen LogP contribution in [0.5, 0.6) is 0 Å². The van der Waals surface area contributed by atoms with E-state index in [9.17, 15) is 22.0 Å². The summed E-state index contributed by atoms with van der Waals surface area (Å²) in [6.07, 6.45) is -0.262. The molecule has 0 aliphatic carbocycles. The minimum atomic E-state index is -5.58. The first kappa shape index (κ1) is 29.0. The van der Waals surface area contributed by atoms with Crippen LogP contribution in [-0.2, 0) is 37.0 Å². The number of alkyl halides is 2. The summed E-state index contributed by atoms with van der Waals surface area (Å²) >= 11 is 0. The summed E-state index contributed by atoms with van der Waals surface area (Å²) in [6.45, 7) is 0.485. The Bertz CT molecular complexity index is 1380. The zero-order valence-corrected chi connectivity index (χ0v) is 22.2. The van der Waals surface area contributed by atoms with Crippen LogP contribution in [0, 0.1) is 6.92 Å². The maximum atomic E-state index is 12.7. The number of hydrogen-bond donors (Lipinski definition) is 1. The number of carbonyl (C=O) groups is 1. The highest BCUT2D eigenvalue weighted by atomic mass is 32.2. The van der Waals surface area contributed by atoms with Crippen molar-refractivity contribution in [1.82, 2.24) is 0 Å². The molecule has 4 rings (SSSR count). The molecule has 0 atom stereocenters. The van der Waals surface area contributed by atoms with Gasteiger partial charge in [0, 0.05) is 5.56 Å². The van der Waals surface area contributed by atoms with Crippen LogP contribution in [0.1, 0.15) is 11.1 Å². The van der Waals surface area contributed by atoms with Gasteiger partial charge in [-0.2, -0.15) is 17.2 Å². The van der Waals surface area contributed by atoms with E-state index in [-0.39, 0.29) is 17.3 Å². The Morgan fingerprint density at radius 2 is 1.24 bits per heavy atom. The number of halogens is 2. The molecule has 0 aliphatic heterocycles. The molecule has 0 spiro atoms. The highest BCUT2D eigenvalue weighted by Gasteiger charge is 2.45. The van der Waals surface area contributed by atoms with Crippen molar-refractivity contribution in [2.75, 3.05) is 6.61 Å². The number of aryl methyl sites for hydroxylation is 1. The van der Waals surface area contributed by atoms with E-state index in [0.29, 0.717) is 5.56 Å². The van der Waals surface area contributed by atoms with Gasteiger partial charge in [0.2, 0.25) is 0 Å². The van der Waals surface area contributed by atoms with Crippen molar-refractivity contribution in [3.8, 4) is 0 Å². The number of carbonyl (C=O) groups excluding carboxylic acids is 1. The lowest BCUT2D eigenvalue weighted by molar-refractivity contribution is -0.148. The smallest absolute Gasteiger partial charge is 0.402 e. The summed E-state index contributed by atoms with van der Waals surface area (Å²) in [5.41, 5.74) is 1.89. The summed E-state index contributed by atoms with van der Waals surface area (Å²) in [7, 11) is -5.61. The topological polar surface area (TPSA) is 80.7 Å². The third-order valence-corrected chi connectivity index (χ3v) is 8.50. The molecule has 0 aromatic heterocycles. The lowest BCUT2D eigenvalue weighted by Crippen LogP contribution is -2.34. The molecule has 0 bridgehead atoms. The van der Waals surface area contributed by atoms with Crippen LogP contribution in [0.4, 0.5) is 8.78 Å². The van der Waals surface area contributed by atoms with Gasteiger partial charge < -0.3 is 4.74 Å². The average molecular weight is 558 g/mol. The van der Waals surface area contributed by atoms with E-state index >= 15 is 0 Å². The Morgan fingerprint density at radius 3 is 1.71 bits per heavy atom. The van der Waals surface area contributed by atoms with Gasteiger partial charge in [0.15, 0.2) is 21.3 Å². The molecule has 198 valence electrons. The zero-order valence-electron chi connectivity index (χ0n) is 20.5. The fourth-order valence-electron chi connectivity index (χ4n) is 3.34. The Labute approximate surface area is 224 Å². The zero-order chi connectivity index (χ0) is 27.6. The third-order valence-electron chi connectivity index (χ3n) is 5.24. The maximum Gasteiger partial charge on any atom is 0.402 e. The van der Waals surface area contributed by atoms with Gasteiger partial charge in [-0.1, -0.05) is 84.9 Å². The molecule has 0 fully saturated rings. The fraction of sp³-hybridized carbons (Fsp3) is 0.138. The van der Waals surface area contributed by atoms with E-state index in [2.05, 4.69) is 96.6 Å². The molecule has 4 aromatic rings. The second-order valence-electron chi connectivity index (χ2n) is 8.13. The van der Waals surface area contributed by atoms with Gasteiger partial charge in [-0.05, 0) is 42.8 Å². The number of hydrogen-bond acceptors (Lipinski definition) is 4. The molecule has 0 aliphatic rings. The van der Waals surface area contributed by atoms with Crippen molar-refractivity contribution >= 4 is 27.0 Å². The first-order valence-electron chi connectivity index (χ1n) is 11.5. The Balaban J connectivity index is 0.000000212. The highest BCUT2D eigenvalue weighted by molar-refractivity contribution is 7.97. The SMILES string of the molecule is Cc1ccccc1[S+](c1ccccc1)c1ccccc1.O=C(Cc1ccccc1)OCC(F)(F)S(=O)(=O)O. The molecule has 38 heavy (non-hydrogen) atoms. The van der Waals surface area contributed by atoms with Crippen LogP contribution in [0.2, 0.25) is 0 Å². The van der Waals surface area contributed by atoms with Gasteiger partial charge in [-0.15, -0.1) is 0 Å². The van der Waals surface area contributed by atoms with Gasteiger partial charge in [0.25, 0.3) is 0 Å². The molecule has 0 saturated carbocycles. The van der Waals surface area contributed by atoms with E-state index in [0.717, 1.165) is 0 Å². The molecule has 4 aromatic carbocycles. The van der Waals surface area contributed by atoms with Crippen molar-refractivity contribution in [2.24, 2.45) is 0 Å². The predicted molar refractivity (Wildman–Crippen MR) is 144 cm³/mol. The number of rotatable bonds is 8. The van der Waals surface area contributed by atoms with Crippen LogP contribution in [0.15, 0.2) is 130 Å². The lowest BCUT2D eigenvalue weighted by atomic mass is 10.2. The molecule has 0 amide bonds. The molecule has 5 nitrogen and oxygen atoms in total. The molecule has 0 unspecified atom stereocenters. The van der Waals surface area contributed by atoms with Gasteiger partial charge in [-0.25, -0.2) is 0 Å². The fourth-order valence-corrected chi connectivity index (χ4v) is 5.79. The number of benzene rings is 4. The Morgan fingerprint density at radius 1 is 0.789 bits per heavy atom. The van der Waals surface area contributed by atoms with Gasteiger partial charge in [-0.3, -0.25) is 9.35 Å². The van der Waals surface area contributed by atoms with Crippen molar-refractivity contribution < 1.29 is 31.3 Å². The monoisotopic (exact) mass is 557 g/mol. The third kappa shape index (κ3) is 8.24. The molecule has 0 heterocycles. The summed E-state index contributed by atoms with van der Waals surface area (Å²) in [5, 5.41) is -4.50. The van der Waals surface area contributed by atoms with Gasteiger partial charge in [0.05, 0.1) is 17.3 Å². The minimum absolute atomic E-state index is 0.0262. The van der Waals surface area contributed by atoms with Gasteiger partial charge >= 0.3 is 21.3 Å². The molecule has 0 radical (unpaired) electrons. The molecule has 1 N–H and O–H groups in total. The first-order valence-corrected chi connectivity index (χ1v) is 14.2. The number of esters is 1. The summed E-state index contributed by atoms with van der Waals surface area (Å²) in [4.78, 5) is 15.3. The molecular weight excluding hydrogens is 530 g/mol. The largest absolute Gasteiger partial charge is 0.458 e. The summed E-state index contributed by atoms with van der Waals surface area (Å²) in [5.74, 6) is -1.01. The van der Waals surface area contributed by atoms with E-state index < -0.39 is 27.9 Å². The van der Waals surface area contributed by atoms with Gasteiger partial charge in [0.1, 0.15) is 0 Å². The minimum Gasteiger partial charge on any atom is -0.458 e. The highest BCUT2D eigenvalue weighted by Crippen LogP contribution is 2.32. The van der Waals surface area contributed by atoms with E-state index in [1.54, 1.807) is 30.3 Å². The summed E-state index contributed by atoms with van der Waals surface area (Å²) in [6, 6.07) is 38.4. The van der Waals surface area contributed by atoms with Crippen molar-refractivity contribution in [1.29, 1.82) is 0 Å². The van der Waals surface area contributed by atoms with Crippen molar-refractivity contribution in [3.63, 3.8) is 0 Å². The second-order valence-corrected chi connectivity index (χ2v) is 11.7. The molecular formula is C29H27F2O5S2+. The Hall–Kier alpha value is -3.53. The lowest BCUT2D eigenvalue weighted by Gasteiger charge is -2.12. The first-order chi connectivity index (χ1) is 18.1. The van der Waals surface area contributed by atoms with Crippen LogP contribution < -0.4 is 0 Å². The van der Waals surface area contributed by atoms with E-state index in [4.69, 9.17) is 4.55 Å².